The zero-order chi connectivity index (χ0) is 22.5. The first-order chi connectivity index (χ1) is 14.1. The van der Waals surface area contributed by atoms with Crippen molar-refractivity contribution in [3.63, 3.8) is 0 Å². The van der Waals surface area contributed by atoms with Crippen molar-refractivity contribution < 1.29 is 22.8 Å². The molecule has 2 N–H and O–H groups in total. The normalized spacial score (nSPS) is 12.2. The Labute approximate surface area is 178 Å². The first-order valence-electron chi connectivity index (χ1n) is 9.40. The molecule has 0 heterocycles. The van der Waals surface area contributed by atoms with Gasteiger partial charge in [0.05, 0.1) is 10.6 Å². The quantitative estimate of drug-likeness (QED) is 0.614. The Morgan fingerprint density at radius 2 is 1.60 bits per heavy atom. The molecule has 2 aromatic carbocycles. The Balaban J connectivity index is 2.03. The summed E-state index contributed by atoms with van der Waals surface area (Å²) in [4.78, 5) is 26.4. The second-order valence-corrected chi connectivity index (χ2v) is 7.01. The molecule has 0 aliphatic rings. The van der Waals surface area contributed by atoms with E-state index in [1.807, 2.05) is 13.8 Å². The second kappa shape index (κ2) is 9.84. The highest BCUT2D eigenvalue weighted by Crippen LogP contribution is 2.36. The summed E-state index contributed by atoms with van der Waals surface area (Å²) in [6, 6.07) is 9.10. The van der Waals surface area contributed by atoms with Crippen molar-refractivity contribution in [3.8, 4) is 0 Å². The van der Waals surface area contributed by atoms with Crippen molar-refractivity contribution in [1.82, 2.24) is 4.90 Å². The van der Waals surface area contributed by atoms with Gasteiger partial charge in [0, 0.05) is 30.0 Å². The average molecular weight is 442 g/mol. The van der Waals surface area contributed by atoms with Gasteiger partial charge in [0.25, 0.3) is 5.91 Å². The lowest BCUT2D eigenvalue weighted by molar-refractivity contribution is -0.137. The third-order valence-electron chi connectivity index (χ3n) is 4.50. The highest BCUT2D eigenvalue weighted by Gasteiger charge is 2.33. The van der Waals surface area contributed by atoms with Crippen LogP contribution < -0.4 is 10.6 Å². The van der Waals surface area contributed by atoms with Crippen LogP contribution in [0.5, 0.6) is 0 Å². The molecule has 0 saturated carbocycles. The maximum Gasteiger partial charge on any atom is 0.417 e. The van der Waals surface area contributed by atoms with Crippen LogP contribution in [0.3, 0.4) is 0 Å². The number of hydrogen-bond acceptors (Lipinski definition) is 3. The largest absolute Gasteiger partial charge is 0.417 e. The van der Waals surface area contributed by atoms with Gasteiger partial charge in [0.15, 0.2) is 0 Å². The summed E-state index contributed by atoms with van der Waals surface area (Å²) >= 11 is 5.59. The number of alkyl halides is 3. The number of nitrogens with one attached hydrogen (secondary N) is 2. The summed E-state index contributed by atoms with van der Waals surface area (Å²) < 4.78 is 38.9. The van der Waals surface area contributed by atoms with Crippen LogP contribution in [0.15, 0.2) is 42.5 Å². The highest BCUT2D eigenvalue weighted by molar-refractivity contribution is 6.31. The van der Waals surface area contributed by atoms with Gasteiger partial charge in [0.2, 0.25) is 5.91 Å². The van der Waals surface area contributed by atoms with Crippen molar-refractivity contribution in [1.29, 1.82) is 0 Å². The number of carbonyl (C=O) groups excluding carboxylic acids is 2. The van der Waals surface area contributed by atoms with Crippen LogP contribution >= 0.6 is 11.6 Å². The van der Waals surface area contributed by atoms with E-state index in [4.69, 9.17) is 11.6 Å². The second-order valence-electron chi connectivity index (χ2n) is 6.60. The van der Waals surface area contributed by atoms with Gasteiger partial charge in [-0.15, -0.1) is 0 Å². The standard InChI is InChI=1S/C21H23ClF3N3O2/c1-4-28(5-2)20(30)14-6-8-15(9-7-14)26-13(3)19(29)27-16-10-11-18(22)17(12-16)21(23,24)25/h6-13,26H,4-5H2,1-3H3,(H,27,29)/t13-/m1/s1. The van der Waals surface area contributed by atoms with E-state index < -0.39 is 28.7 Å². The Kier molecular flexibility index (Phi) is 7.72. The van der Waals surface area contributed by atoms with Crippen molar-refractivity contribution in [2.45, 2.75) is 33.0 Å². The highest BCUT2D eigenvalue weighted by atomic mass is 35.5. The van der Waals surface area contributed by atoms with E-state index in [9.17, 15) is 22.8 Å². The van der Waals surface area contributed by atoms with Gasteiger partial charge in [-0.2, -0.15) is 13.2 Å². The van der Waals surface area contributed by atoms with E-state index in [0.717, 1.165) is 12.1 Å². The smallest absolute Gasteiger partial charge is 0.374 e. The minimum atomic E-state index is -4.62. The van der Waals surface area contributed by atoms with Crippen LogP contribution in [-0.2, 0) is 11.0 Å². The molecule has 0 radical (unpaired) electrons. The number of carbonyl (C=O) groups is 2. The van der Waals surface area contributed by atoms with Gasteiger partial charge < -0.3 is 15.5 Å². The van der Waals surface area contributed by atoms with E-state index >= 15 is 0 Å². The molecule has 30 heavy (non-hydrogen) atoms. The van der Waals surface area contributed by atoms with Gasteiger partial charge >= 0.3 is 6.18 Å². The number of rotatable bonds is 7. The summed E-state index contributed by atoms with van der Waals surface area (Å²) in [6.07, 6.45) is -4.62. The summed E-state index contributed by atoms with van der Waals surface area (Å²) in [7, 11) is 0. The zero-order valence-corrected chi connectivity index (χ0v) is 17.6. The molecular weight excluding hydrogens is 419 g/mol. The fourth-order valence-electron chi connectivity index (χ4n) is 2.79. The fraction of sp³-hybridized carbons (Fsp3) is 0.333. The molecule has 2 rings (SSSR count). The van der Waals surface area contributed by atoms with Crippen LogP contribution in [0.1, 0.15) is 36.7 Å². The van der Waals surface area contributed by atoms with E-state index in [1.165, 1.54) is 6.07 Å². The number of nitrogens with zero attached hydrogens (tertiary/aromatic N) is 1. The molecule has 0 bridgehead atoms. The van der Waals surface area contributed by atoms with Crippen molar-refractivity contribution in [2.75, 3.05) is 23.7 Å². The molecule has 1 atom stereocenters. The topological polar surface area (TPSA) is 61.4 Å². The van der Waals surface area contributed by atoms with Crippen molar-refractivity contribution in [3.05, 3.63) is 58.6 Å². The Morgan fingerprint density at radius 1 is 1.03 bits per heavy atom. The SMILES string of the molecule is CCN(CC)C(=O)c1ccc(N[C@H](C)C(=O)Nc2ccc(Cl)c(C(F)(F)F)c2)cc1. The number of amides is 2. The molecule has 0 aliphatic heterocycles. The summed E-state index contributed by atoms with van der Waals surface area (Å²) in [6.45, 7) is 6.58. The Morgan fingerprint density at radius 3 is 2.13 bits per heavy atom. The minimum absolute atomic E-state index is 0.00876. The molecule has 0 aromatic heterocycles. The lowest BCUT2D eigenvalue weighted by atomic mass is 10.1. The van der Waals surface area contributed by atoms with Crippen LogP contribution in [0, 0.1) is 0 Å². The van der Waals surface area contributed by atoms with E-state index in [1.54, 1.807) is 36.1 Å². The zero-order valence-electron chi connectivity index (χ0n) is 16.8. The lowest BCUT2D eigenvalue weighted by Crippen LogP contribution is -2.32. The van der Waals surface area contributed by atoms with E-state index in [-0.39, 0.29) is 11.6 Å². The monoisotopic (exact) mass is 441 g/mol. The van der Waals surface area contributed by atoms with Crippen LogP contribution in [-0.4, -0.2) is 35.8 Å². The molecule has 0 aliphatic carbocycles. The first-order valence-corrected chi connectivity index (χ1v) is 9.78. The maximum absolute atomic E-state index is 13.0. The number of halogens is 4. The minimum Gasteiger partial charge on any atom is -0.374 e. The third kappa shape index (κ3) is 5.89. The number of benzene rings is 2. The molecule has 162 valence electrons. The predicted molar refractivity (Wildman–Crippen MR) is 112 cm³/mol. The predicted octanol–water partition coefficient (Wildman–Crippen LogP) is 5.28. The Hall–Kier alpha value is -2.74. The van der Waals surface area contributed by atoms with E-state index in [2.05, 4.69) is 10.6 Å². The molecule has 2 amide bonds. The van der Waals surface area contributed by atoms with Gasteiger partial charge in [-0.3, -0.25) is 9.59 Å². The lowest BCUT2D eigenvalue weighted by Gasteiger charge is -2.19. The summed E-state index contributed by atoms with van der Waals surface area (Å²) in [5, 5.41) is 4.96. The van der Waals surface area contributed by atoms with E-state index in [0.29, 0.717) is 24.3 Å². The molecule has 0 fully saturated rings. The third-order valence-corrected chi connectivity index (χ3v) is 4.83. The van der Waals surface area contributed by atoms with Gasteiger partial charge in [-0.05, 0) is 63.2 Å². The van der Waals surface area contributed by atoms with Gasteiger partial charge in [-0.25, -0.2) is 0 Å². The first kappa shape index (κ1) is 23.5. The summed E-state index contributed by atoms with van der Waals surface area (Å²) in [5.74, 6) is -0.603. The van der Waals surface area contributed by atoms with Crippen molar-refractivity contribution in [2.24, 2.45) is 0 Å². The molecule has 5 nitrogen and oxygen atoms in total. The van der Waals surface area contributed by atoms with Crippen LogP contribution in [0.2, 0.25) is 5.02 Å². The maximum atomic E-state index is 13.0. The number of hydrogen-bond donors (Lipinski definition) is 2. The number of anilines is 2. The van der Waals surface area contributed by atoms with Crippen molar-refractivity contribution >= 4 is 34.8 Å². The molecule has 0 unspecified atom stereocenters. The van der Waals surface area contributed by atoms with Crippen LogP contribution in [0.25, 0.3) is 0 Å². The fourth-order valence-corrected chi connectivity index (χ4v) is 3.01. The molecule has 2 aromatic rings. The Bertz CT molecular complexity index is 897. The summed E-state index contributed by atoms with van der Waals surface area (Å²) in [5.41, 5.74) is 0.101. The average Bonchev–Trinajstić information content (AvgIpc) is 2.69. The van der Waals surface area contributed by atoms with Gasteiger partial charge in [-0.1, -0.05) is 11.6 Å². The molecule has 9 heteroatoms. The molecular formula is C21H23ClF3N3O2. The van der Waals surface area contributed by atoms with Gasteiger partial charge in [0.1, 0.15) is 6.04 Å². The van der Waals surface area contributed by atoms with Crippen LogP contribution in [0.4, 0.5) is 24.5 Å². The molecule has 0 saturated heterocycles. The molecule has 0 spiro atoms.